The molecule has 0 bridgehead atoms. The lowest BCUT2D eigenvalue weighted by molar-refractivity contribution is 0.0376. The highest BCUT2D eigenvalue weighted by Gasteiger charge is 2.24. The molecule has 0 saturated heterocycles. The molecule has 2 N–H and O–H groups in total. The minimum absolute atomic E-state index is 0.233. The average molecular weight is 436 g/mol. The predicted molar refractivity (Wildman–Crippen MR) is 122 cm³/mol. The summed E-state index contributed by atoms with van der Waals surface area (Å²) in [6.07, 6.45) is 4.15. The van der Waals surface area contributed by atoms with E-state index in [9.17, 15) is 9.59 Å². The van der Waals surface area contributed by atoms with E-state index in [1.807, 2.05) is 24.3 Å². The van der Waals surface area contributed by atoms with E-state index in [-0.39, 0.29) is 12.0 Å². The van der Waals surface area contributed by atoms with Gasteiger partial charge in [-0.25, -0.2) is 4.79 Å². The highest BCUT2D eigenvalue weighted by molar-refractivity contribution is 6.07. The van der Waals surface area contributed by atoms with E-state index in [0.29, 0.717) is 28.2 Å². The molecular weight excluding hydrogens is 406 g/mol. The van der Waals surface area contributed by atoms with Gasteiger partial charge < -0.3 is 19.6 Å². The summed E-state index contributed by atoms with van der Waals surface area (Å²) in [7, 11) is 0. The van der Waals surface area contributed by atoms with Crippen LogP contribution in [0.2, 0.25) is 0 Å². The van der Waals surface area contributed by atoms with Gasteiger partial charge in [-0.05, 0) is 58.2 Å². The molecule has 0 saturated carbocycles. The molecule has 8 nitrogen and oxygen atoms in total. The van der Waals surface area contributed by atoms with Crippen molar-refractivity contribution in [1.29, 1.82) is 0 Å². The molecule has 3 heterocycles. The highest BCUT2D eigenvalue weighted by Crippen LogP contribution is 2.26. The third kappa shape index (κ3) is 4.30. The number of anilines is 1. The first-order chi connectivity index (χ1) is 15.3. The quantitative estimate of drug-likeness (QED) is 0.577. The molecule has 32 heavy (non-hydrogen) atoms. The second kappa shape index (κ2) is 8.98. The zero-order chi connectivity index (χ0) is 22.8. The maximum absolute atomic E-state index is 13.0. The van der Waals surface area contributed by atoms with Gasteiger partial charge in [-0.2, -0.15) is 0 Å². The summed E-state index contributed by atoms with van der Waals surface area (Å²) in [5.41, 5.74) is 3.49. The van der Waals surface area contributed by atoms with Crippen molar-refractivity contribution in [2.75, 3.05) is 5.32 Å². The Morgan fingerprint density at radius 3 is 2.75 bits per heavy atom. The van der Waals surface area contributed by atoms with Crippen LogP contribution in [-0.4, -0.2) is 37.7 Å². The molecule has 1 aliphatic heterocycles. The van der Waals surface area contributed by atoms with Gasteiger partial charge in [0, 0.05) is 29.9 Å². The van der Waals surface area contributed by atoms with Crippen LogP contribution in [0.15, 0.2) is 24.3 Å². The van der Waals surface area contributed by atoms with Gasteiger partial charge >= 0.3 is 5.97 Å². The third-order valence-corrected chi connectivity index (χ3v) is 5.70. The number of aromatic amines is 1. The van der Waals surface area contributed by atoms with Crippen LogP contribution in [0.3, 0.4) is 0 Å². The van der Waals surface area contributed by atoms with E-state index in [2.05, 4.69) is 25.1 Å². The van der Waals surface area contributed by atoms with Crippen LogP contribution in [0.5, 0.6) is 0 Å². The van der Waals surface area contributed by atoms with Crippen molar-refractivity contribution in [2.45, 2.75) is 66.0 Å². The Bertz CT molecular complexity index is 1160. The summed E-state index contributed by atoms with van der Waals surface area (Å²) in [5.74, 6) is 1.10. The van der Waals surface area contributed by atoms with Crippen LogP contribution >= 0.6 is 0 Å². The number of rotatable bonds is 5. The summed E-state index contributed by atoms with van der Waals surface area (Å²) in [6.45, 7) is 8.01. The van der Waals surface area contributed by atoms with E-state index < -0.39 is 5.97 Å². The third-order valence-electron chi connectivity index (χ3n) is 5.70. The smallest absolute Gasteiger partial charge is 0.340 e. The number of hydrogen-bond donors (Lipinski definition) is 2. The van der Waals surface area contributed by atoms with Crippen molar-refractivity contribution in [3.63, 3.8) is 0 Å². The molecule has 0 radical (unpaired) electrons. The number of amides is 1. The summed E-state index contributed by atoms with van der Waals surface area (Å²) in [6, 6.07) is 7.60. The van der Waals surface area contributed by atoms with Crippen LogP contribution in [0, 0.1) is 13.8 Å². The largest absolute Gasteiger partial charge is 0.459 e. The van der Waals surface area contributed by atoms with Crippen LogP contribution in [0.1, 0.15) is 71.0 Å². The number of nitrogens with zero attached hydrogens (tertiary/aromatic N) is 3. The highest BCUT2D eigenvalue weighted by atomic mass is 16.5. The van der Waals surface area contributed by atoms with Gasteiger partial charge in [0.1, 0.15) is 11.5 Å². The Morgan fingerprint density at radius 2 is 1.97 bits per heavy atom. The van der Waals surface area contributed by atoms with Crippen molar-refractivity contribution >= 4 is 17.6 Å². The molecule has 0 unspecified atom stereocenters. The standard InChI is InChI=1S/C24H29N5O3/c1-14(2)32-24(31)20-15(3)21(25-16(20)4)23(30)26-18-10-8-9-17(13-18)22-28-27-19-11-6-5-7-12-29(19)22/h8-10,13-14,25H,5-7,11-12H2,1-4H3,(H,26,30). The van der Waals surface area contributed by atoms with E-state index in [1.165, 1.54) is 6.42 Å². The van der Waals surface area contributed by atoms with Gasteiger partial charge in [0.05, 0.1) is 11.7 Å². The Morgan fingerprint density at radius 1 is 1.16 bits per heavy atom. The normalized spacial score (nSPS) is 13.5. The fraction of sp³-hybridized carbons (Fsp3) is 0.417. The molecule has 0 atom stereocenters. The number of carbonyl (C=O) groups is 2. The Balaban J connectivity index is 1.57. The summed E-state index contributed by atoms with van der Waals surface area (Å²) in [4.78, 5) is 28.5. The number of aromatic nitrogens is 4. The first-order valence-electron chi connectivity index (χ1n) is 11.1. The zero-order valence-electron chi connectivity index (χ0n) is 19.0. The molecular formula is C24H29N5O3. The van der Waals surface area contributed by atoms with Crippen LogP contribution in [0.25, 0.3) is 11.4 Å². The van der Waals surface area contributed by atoms with Crippen LogP contribution in [0.4, 0.5) is 5.69 Å². The monoisotopic (exact) mass is 435 g/mol. The summed E-state index contributed by atoms with van der Waals surface area (Å²) < 4.78 is 7.49. The van der Waals surface area contributed by atoms with E-state index in [4.69, 9.17) is 4.74 Å². The number of ether oxygens (including phenoxy) is 1. The lowest BCUT2D eigenvalue weighted by Crippen LogP contribution is -2.15. The second-order valence-corrected chi connectivity index (χ2v) is 8.52. The number of esters is 1. The Labute approximate surface area is 187 Å². The molecule has 1 amide bonds. The second-order valence-electron chi connectivity index (χ2n) is 8.52. The zero-order valence-corrected chi connectivity index (χ0v) is 19.0. The molecule has 3 aromatic rings. The molecule has 2 aromatic heterocycles. The molecule has 0 aliphatic carbocycles. The molecule has 168 valence electrons. The van der Waals surface area contributed by atoms with Gasteiger partial charge in [-0.3, -0.25) is 4.79 Å². The number of benzene rings is 1. The summed E-state index contributed by atoms with van der Waals surface area (Å²) >= 11 is 0. The van der Waals surface area contributed by atoms with Gasteiger partial charge in [-0.15, -0.1) is 10.2 Å². The fourth-order valence-corrected chi connectivity index (χ4v) is 4.18. The topological polar surface area (TPSA) is 102 Å². The molecule has 1 aromatic carbocycles. The Hall–Kier alpha value is -3.42. The van der Waals surface area contributed by atoms with E-state index >= 15 is 0 Å². The molecule has 1 aliphatic rings. The number of aryl methyl sites for hydroxylation is 2. The van der Waals surface area contributed by atoms with Crippen LogP contribution < -0.4 is 5.32 Å². The number of fused-ring (bicyclic) bond motifs is 1. The maximum Gasteiger partial charge on any atom is 0.340 e. The van der Waals surface area contributed by atoms with Gasteiger partial charge in [-0.1, -0.05) is 18.6 Å². The molecule has 8 heteroatoms. The van der Waals surface area contributed by atoms with E-state index in [0.717, 1.165) is 43.0 Å². The number of H-pyrrole nitrogens is 1. The number of hydrogen-bond acceptors (Lipinski definition) is 5. The van der Waals surface area contributed by atoms with Crippen molar-refractivity contribution in [1.82, 2.24) is 19.7 Å². The number of nitrogens with one attached hydrogen (secondary N) is 2. The lowest BCUT2D eigenvalue weighted by Gasteiger charge is -2.10. The average Bonchev–Trinajstić information content (AvgIpc) is 3.18. The minimum atomic E-state index is -0.431. The van der Waals surface area contributed by atoms with Gasteiger partial charge in [0.25, 0.3) is 5.91 Å². The minimum Gasteiger partial charge on any atom is -0.459 e. The van der Waals surface area contributed by atoms with E-state index in [1.54, 1.807) is 27.7 Å². The lowest BCUT2D eigenvalue weighted by atomic mass is 10.1. The molecule has 0 spiro atoms. The van der Waals surface area contributed by atoms with Gasteiger partial charge in [0.15, 0.2) is 5.82 Å². The van der Waals surface area contributed by atoms with Crippen molar-refractivity contribution in [3.05, 3.63) is 52.6 Å². The first-order valence-corrected chi connectivity index (χ1v) is 11.1. The van der Waals surface area contributed by atoms with Crippen LogP contribution in [-0.2, 0) is 17.7 Å². The summed E-state index contributed by atoms with van der Waals surface area (Å²) in [5, 5.41) is 11.7. The SMILES string of the molecule is Cc1[nH]c(C(=O)Nc2cccc(-c3nnc4n3CCCCC4)c2)c(C)c1C(=O)OC(C)C. The van der Waals surface area contributed by atoms with Crippen molar-refractivity contribution in [3.8, 4) is 11.4 Å². The Kier molecular flexibility index (Phi) is 6.12. The van der Waals surface area contributed by atoms with Crippen molar-refractivity contribution < 1.29 is 14.3 Å². The molecule has 4 rings (SSSR count). The van der Waals surface area contributed by atoms with Crippen molar-refractivity contribution in [2.24, 2.45) is 0 Å². The molecule has 0 fully saturated rings. The van der Waals surface area contributed by atoms with Gasteiger partial charge in [0.2, 0.25) is 0 Å². The fourth-order valence-electron chi connectivity index (χ4n) is 4.18. The maximum atomic E-state index is 13.0. The first kappa shape index (κ1) is 21.8. The number of carbonyl (C=O) groups excluding carboxylic acids is 2. The predicted octanol–water partition coefficient (Wildman–Crippen LogP) is 4.43.